The maximum atomic E-state index is 13.8. The Labute approximate surface area is 258 Å². The van der Waals surface area contributed by atoms with E-state index in [4.69, 9.17) is 9.47 Å². The maximum Gasteiger partial charge on any atom is 0.401 e. The zero-order valence-corrected chi connectivity index (χ0v) is 25.9. The highest BCUT2D eigenvalue weighted by molar-refractivity contribution is 5.98. The number of carbonyl (C=O) groups excluding carboxylic acids is 1. The van der Waals surface area contributed by atoms with E-state index in [9.17, 15) is 22.8 Å². The van der Waals surface area contributed by atoms with E-state index in [-0.39, 0.29) is 37.1 Å². The Morgan fingerprint density at radius 2 is 1.82 bits per heavy atom. The molecule has 0 bridgehead atoms. The number of H-pyrrole nitrogens is 1. The van der Waals surface area contributed by atoms with Crippen molar-refractivity contribution < 1.29 is 27.4 Å². The summed E-state index contributed by atoms with van der Waals surface area (Å²) in [6, 6.07) is 8.93. The second-order valence-electron chi connectivity index (χ2n) is 11.3. The monoisotopic (exact) mass is 626 g/mol. The molecule has 45 heavy (non-hydrogen) atoms. The SMILES string of the molecule is COc1cc(-c2ccn3c(C(C)N4CCN(CC(F)(F)F)CC4)c(C)c(C(=O)NCc4c(OC)cc(C)[nH]c4=O)cc23)ccn1. The molecular formula is C32H37F3N6O4. The molecule has 1 aliphatic heterocycles. The van der Waals surface area contributed by atoms with Crippen LogP contribution in [0.1, 0.15) is 45.8 Å². The number of alkyl halides is 3. The van der Waals surface area contributed by atoms with E-state index in [0.717, 1.165) is 27.9 Å². The molecule has 4 aromatic heterocycles. The minimum absolute atomic E-state index is 0.0519. The van der Waals surface area contributed by atoms with Crippen molar-refractivity contribution in [2.45, 2.75) is 39.5 Å². The third-order valence-electron chi connectivity index (χ3n) is 8.38. The normalized spacial score (nSPS) is 15.3. The molecule has 0 radical (unpaired) electrons. The average Bonchev–Trinajstić information content (AvgIpc) is 3.42. The molecule has 1 fully saturated rings. The number of aromatic nitrogens is 3. The van der Waals surface area contributed by atoms with Gasteiger partial charge in [0, 0.05) is 73.2 Å². The molecule has 13 heteroatoms. The van der Waals surface area contributed by atoms with Crippen molar-refractivity contribution in [3.8, 4) is 22.8 Å². The molecule has 10 nitrogen and oxygen atoms in total. The second-order valence-corrected chi connectivity index (χ2v) is 11.3. The standard InChI is InChI=1S/C32H37F3N6O4/c1-19-14-27(44-4)25(31(43)38-19)17-37-30(42)24-16-26-23(22-6-8-36-28(15-22)45-5)7-9-41(26)29(20(24)2)21(3)40-12-10-39(11-13-40)18-32(33,34)35/h6-9,14-16,21H,10-13,17-18H2,1-5H3,(H,37,42)(H,38,43). The summed E-state index contributed by atoms with van der Waals surface area (Å²) < 4.78 is 51.8. The molecule has 0 spiro atoms. The van der Waals surface area contributed by atoms with Crippen LogP contribution in [0.25, 0.3) is 16.6 Å². The van der Waals surface area contributed by atoms with Gasteiger partial charge in [-0.05, 0) is 56.2 Å². The van der Waals surface area contributed by atoms with E-state index >= 15 is 0 Å². The van der Waals surface area contributed by atoms with E-state index in [1.165, 1.54) is 19.1 Å². The number of piperazine rings is 1. The summed E-state index contributed by atoms with van der Waals surface area (Å²) in [5, 5.41) is 2.89. The first-order valence-corrected chi connectivity index (χ1v) is 14.6. The van der Waals surface area contributed by atoms with Crippen molar-refractivity contribution in [2.75, 3.05) is 46.9 Å². The number of halogens is 3. The summed E-state index contributed by atoms with van der Waals surface area (Å²) >= 11 is 0. The van der Waals surface area contributed by atoms with Gasteiger partial charge in [-0.2, -0.15) is 13.2 Å². The number of methoxy groups -OCH3 is 2. The number of nitrogens with one attached hydrogen (secondary N) is 2. The summed E-state index contributed by atoms with van der Waals surface area (Å²) in [7, 11) is 3.01. The Balaban J connectivity index is 1.54. The van der Waals surface area contributed by atoms with Gasteiger partial charge in [0.25, 0.3) is 11.5 Å². The highest BCUT2D eigenvalue weighted by atomic mass is 19.4. The molecule has 1 atom stereocenters. The van der Waals surface area contributed by atoms with E-state index in [1.807, 2.05) is 48.7 Å². The highest BCUT2D eigenvalue weighted by Crippen LogP contribution is 2.35. The molecule has 4 aromatic rings. The van der Waals surface area contributed by atoms with Gasteiger partial charge in [0.15, 0.2) is 0 Å². The molecule has 2 N–H and O–H groups in total. The largest absolute Gasteiger partial charge is 0.496 e. The van der Waals surface area contributed by atoms with Crippen molar-refractivity contribution in [1.29, 1.82) is 0 Å². The van der Waals surface area contributed by atoms with Crippen molar-refractivity contribution in [2.24, 2.45) is 0 Å². The van der Waals surface area contributed by atoms with Crippen LogP contribution in [0.5, 0.6) is 11.6 Å². The van der Waals surface area contributed by atoms with E-state index in [1.54, 1.807) is 19.2 Å². The molecule has 0 aromatic carbocycles. The zero-order chi connectivity index (χ0) is 32.5. The van der Waals surface area contributed by atoms with Crippen LogP contribution in [-0.4, -0.2) is 83.2 Å². The van der Waals surface area contributed by atoms with Crippen LogP contribution in [0, 0.1) is 13.8 Å². The summed E-state index contributed by atoms with van der Waals surface area (Å²) in [5.41, 5.74) is 5.04. The number of rotatable bonds is 9. The van der Waals surface area contributed by atoms with Gasteiger partial charge < -0.3 is 24.2 Å². The van der Waals surface area contributed by atoms with Crippen molar-refractivity contribution >= 4 is 11.4 Å². The van der Waals surface area contributed by atoms with Gasteiger partial charge >= 0.3 is 6.18 Å². The third kappa shape index (κ3) is 6.84. The number of hydrogen-bond acceptors (Lipinski definition) is 7. The quantitative estimate of drug-likeness (QED) is 0.282. The second kappa shape index (κ2) is 12.9. The van der Waals surface area contributed by atoms with Crippen LogP contribution in [0.4, 0.5) is 13.2 Å². The highest BCUT2D eigenvalue weighted by Gasteiger charge is 2.34. The van der Waals surface area contributed by atoms with Crippen LogP contribution >= 0.6 is 0 Å². The number of hydrogen-bond donors (Lipinski definition) is 2. The number of aryl methyl sites for hydroxylation is 1. The average molecular weight is 627 g/mol. The molecule has 5 heterocycles. The van der Waals surface area contributed by atoms with Crippen molar-refractivity contribution in [1.82, 2.24) is 29.5 Å². The smallest absolute Gasteiger partial charge is 0.401 e. The molecule has 0 aliphatic carbocycles. The molecule has 240 valence electrons. The van der Waals surface area contributed by atoms with E-state index in [0.29, 0.717) is 41.5 Å². The van der Waals surface area contributed by atoms with Crippen LogP contribution < -0.4 is 20.3 Å². The van der Waals surface area contributed by atoms with Gasteiger partial charge in [0.1, 0.15) is 5.75 Å². The predicted octanol–water partition coefficient (Wildman–Crippen LogP) is 4.49. The first-order chi connectivity index (χ1) is 21.4. The Kier molecular flexibility index (Phi) is 9.21. The molecular weight excluding hydrogens is 589 g/mol. The summed E-state index contributed by atoms with van der Waals surface area (Å²) in [6.07, 6.45) is -0.659. The third-order valence-corrected chi connectivity index (χ3v) is 8.38. The Morgan fingerprint density at radius 1 is 1.09 bits per heavy atom. The predicted molar refractivity (Wildman–Crippen MR) is 164 cm³/mol. The number of carbonyl (C=O) groups is 1. The molecule has 5 rings (SSSR count). The number of amides is 1. The van der Waals surface area contributed by atoms with Gasteiger partial charge in [-0.15, -0.1) is 0 Å². The van der Waals surface area contributed by atoms with E-state index in [2.05, 4.69) is 20.2 Å². The van der Waals surface area contributed by atoms with Gasteiger partial charge in [0.2, 0.25) is 5.88 Å². The van der Waals surface area contributed by atoms with Crippen LogP contribution in [0.2, 0.25) is 0 Å². The Morgan fingerprint density at radius 3 is 2.49 bits per heavy atom. The number of pyridine rings is 3. The van der Waals surface area contributed by atoms with E-state index < -0.39 is 12.7 Å². The fourth-order valence-corrected chi connectivity index (χ4v) is 6.08. The minimum Gasteiger partial charge on any atom is -0.496 e. The first-order valence-electron chi connectivity index (χ1n) is 14.6. The fourth-order valence-electron chi connectivity index (χ4n) is 6.08. The number of aromatic amines is 1. The number of ether oxygens (including phenoxy) is 2. The lowest BCUT2D eigenvalue weighted by molar-refractivity contribution is -0.149. The van der Waals surface area contributed by atoms with Gasteiger partial charge in [-0.1, -0.05) is 0 Å². The van der Waals surface area contributed by atoms with Gasteiger partial charge in [-0.3, -0.25) is 19.4 Å². The Hall–Kier alpha value is -4.36. The van der Waals surface area contributed by atoms with Gasteiger partial charge in [0.05, 0.1) is 38.4 Å². The lowest BCUT2D eigenvalue weighted by Gasteiger charge is -2.39. The molecule has 1 aliphatic rings. The topological polar surface area (TPSA) is 104 Å². The summed E-state index contributed by atoms with van der Waals surface area (Å²) in [5.74, 6) is 0.447. The Bertz CT molecular complexity index is 1760. The molecule has 1 amide bonds. The number of fused-ring (bicyclic) bond motifs is 1. The summed E-state index contributed by atoms with van der Waals surface area (Å²) in [6.45, 7) is 6.10. The summed E-state index contributed by atoms with van der Waals surface area (Å²) in [4.78, 5) is 37.0. The lowest BCUT2D eigenvalue weighted by atomic mass is 9.99. The lowest BCUT2D eigenvalue weighted by Crippen LogP contribution is -2.49. The molecule has 1 saturated heterocycles. The minimum atomic E-state index is -4.25. The molecule has 0 saturated carbocycles. The van der Waals surface area contributed by atoms with Crippen LogP contribution in [0.15, 0.2) is 47.5 Å². The van der Waals surface area contributed by atoms with Crippen LogP contribution in [-0.2, 0) is 6.54 Å². The van der Waals surface area contributed by atoms with Gasteiger partial charge in [-0.25, -0.2) is 4.98 Å². The zero-order valence-electron chi connectivity index (χ0n) is 25.9. The van der Waals surface area contributed by atoms with Crippen molar-refractivity contribution in [3.63, 3.8) is 0 Å². The first kappa shape index (κ1) is 32.0. The molecule has 1 unspecified atom stereocenters. The maximum absolute atomic E-state index is 13.8. The number of nitrogens with zero attached hydrogens (tertiary/aromatic N) is 4. The van der Waals surface area contributed by atoms with Crippen LogP contribution in [0.3, 0.4) is 0 Å². The van der Waals surface area contributed by atoms with Crippen molar-refractivity contribution in [3.05, 3.63) is 81.2 Å². The fraction of sp³-hybridized carbons (Fsp3) is 0.406.